The Balaban J connectivity index is 0.000000720. The molecule has 1 saturated heterocycles. The van der Waals surface area contributed by atoms with E-state index in [9.17, 15) is 0 Å². The largest absolute Gasteiger partial charge is 0.297 e. The normalized spacial score (nSPS) is 16.3. The fraction of sp³-hybridized carbons (Fsp3) is 0.556. The molecule has 0 bridgehead atoms. The summed E-state index contributed by atoms with van der Waals surface area (Å²) in [7, 11) is 0. The van der Waals surface area contributed by atoms with Crippen molar-refractivity contribution in [3.05, 3.63) is 24.3 Å². The van der Waals surface area contributed by atoms with E-state index in [0.717, 1.165) is 12.2 Å². The van der Waals surface area contributed by atoms with Gasteiger partial charge in [-0.15, -0.1) is 0 Å². The molecule has 3 heteroatoms. The monoisotopic (exact) mass is 165 g/mol. The topological polar surface area (TPSA) is 29.0 Å². The molecule has 1 aliphatic rings. The lowest BCUT2D eigenvalue weighted by Gasteiger charge is -2.29. The molecule has 0 spiro atoms. The van der Waals surface area contributed by atoms with Gasteiger partial charge in [0, 0.05) is 25.1 Å². The van der Waals surface area contributed by atoms with Crippen LogP contribution in [0.15, 0.2) is 18.6 Å². The van der Waals surface area contributed by atoms with E-state index >= 15 is 0 Å². The molecule has 2 heterocycles. The summed E-state index contributed by atoms with van der Waals surface area (Å²) in [6.07, 6.45) is 6.62. The van der Waals surface area contributed by atoms with Crippen molar-refractivity contribution in [3.8, 4) is 0 Å². The smallest absolute Gasteiger partial charge is 0.0726 e. The van der Waals surface area contributed by atoms with Gasteiger partial charge in [-0.05, 0) is 19.5 Å². The molecule has 1 aromatic heterocycles. The predicted octanol–water partition coefficient (Wildman–Crippen LogP) is 1.32. The highest BCUT2D eigenvalue weighted by atomic mass is 15.2. The average molecular weight is 165 g/mol. The van der Waals surface area contributed by atoms with Crippen LogP contribution in [0, 0.1) is 0 Å². The predicted molar refractivity (Wildman–Crippen MR) is 48.7 cm³/mol. The van der Waals surface area contributed by atoms with E-state index in [2.05, 4.69) is 14.9 Å². The zero-order valence-corrected chi connectivity index (χ0v) is 6.40. The van der Waals surface area contributed by atoms with Crippen LogP contribution >= 0.6 is 0 Å². The number of aromatic nitrogens is 2. The Morgan fingerprint density at radius 2 is 2.17 bits per heavy atom. The van der Waals surface area contributed by atoms with Gasteiger partial charge in [-0.1, -0.05) is 7.43 Å². The van der Waals surface area contributed by atoms with Crippen LogP contribution in [0.2, 0.25) is 0 Å². The van der Waals surface area contributed by atoms with Crippen molar-refractivity contribution in [2.45, 2.75) is 20.4 Å². The van der Waals surface area contributed by atoms with Gasteiger partial charge in [0.2, 0.25) is 0 Å². The Bertz CT molecular complexity index is 218. The lowest BCUT2D eigenvalue weighted by atomic mass is 10.2. The van der Waals surface area contributed by atoms with Gasteiger partial charge in [0.15, 0.2) is 0 Å². The molecule has 66 valence electrons. The second-order valence-corrected chi connectivity index (χ2v) is 2.83. The third-order valence-electron chi connectivity index (χ3n) is 1.95. The maximum Gasteiger partial charge on any atom is 0.0726 e. The second-order valence-electron chi connectivity index (χ2n) is 2.83. The average Bonchev–Trinajstić information content (AvgIpc) is 1.99. The van der Waals surface area contributed by atoms with E-state index < -0.39 is 0 Å². The van der Waals surface area contributed by atoms with Gasteiger partial charge in [0.05, 0.1) is 5.69 Å². The zero-order chi connectivity index (χ0) is 7.52. The Hall–Kier alpha value is -0.960. The molecule has 0 unspecified atom stereocenters. The second kappa shape index (κ2) is 4.16. The maximum absolute atomic E-state index is 4.20. The van der Waals surface area contributed by atoms with Crippen LogP contribution in [0.4, 0.5) is 0 Å². The fourth-order valence-corrected chi connectivity index (χ4v) is 1.18. The summed E-state index contributed by atoms with van der Waals surface area (Å²) in [5, 5.41) is 0. The standard InChI is InChI=1S/C8H11N3.CH4/c1-4-11(5-1)7-8-6-9-2-3-10-8;/h2-3,6H,1,4-5,7H2;1H4. The Labute approximate surface area is 73.5 Å². The third-order valence-corrected chi connectivity index (χ3v) is 1.95. The summed E-state index contributed by atoms with van der Waals surface area (Å²) in [4.78, 5) is 10.6. The first-order valence-electron chi connectivity index (χ1n) is 3.92. The Kier molecular flexibility index (Phi) is 3.17. The lowest BCUT2D eigenvalue weighted by Crippen LogP contribution is -2.36. The van der Waals surface area contributed by atoms with Gasteiger partial charge in [0.25, 0.3) is 0 Å². The van der Waals surface area contributed by atoms with E-state index in [1.165, 1.54) is 19.5 Å². The van der Waals surface area contributed by atoms with Crippen LogP contribution in [0.1, 0.15) is 19.5 Å². The fourth-order valence-electron chi connectivity index (χ4n) is 1.18. The SMILES string of the molecule is C.c1cnc(CN2CCC2)cn1. The van der Waals surface area contributed by atoms with Crippen molar-refractivity contribution in [2.75, 3.05) is 13.1 Å². The summed E-state index contributed by atoms with van der Waals surface area (Å²) in [5.74, 6) is 0. The molecule has 0 radical (unpaired) electrons. The molecular formula is C9H15N3. The van der Waals surface area contributed by atoms with E-state index in [0.29, 0.717) is 0 Å². The van der Waals surface area contributed by atoms with Crippen molar-refractivity contribution in [1.82, 2.24) is 14.9 Å². The van der Waals surface area contributed by atoms with Gasteiger partial charge in [-0.2, -0.15) is 0 Å². The quantitative estimate of drug-likeness (QED) is 0.661. The first kappa shape index (κ1) is 9.13. The first-order chi connectivity index (χ1) is 5.45. The van der Waals surface area contributed by atoms with Gasteiger partial charge in [0.1, 0.15) is 0 Å². The molecule has 3 nitrogen and oxygen atoms in total. The highest BCUT2D eigenvalue weighted by molar-refractivity contribution is 4.95. The molecule has 2 rings (SSSR count). The molecular weight excluding hydrogens is 150 g/mol. The molecule has 0 aliphatic carbocycles. The highest BCUT2D eigenvalue weighted by Gasteiger charge is 2.13. The number of rotatable bonds is 2. The van der Waals surface area contributed by atoms with E-state index in [1.54, 1.807) is 12.4 Å². The Morgan fingerprint density at radius 1 is 1.33 bits per heavy atom. The van der Waals surface area contributed by atoms with Crippen LogP contribution in [-0.4, -0.2) is 28.0 Å². The molecule has 1 fully saturated rings. The van der Waals surface area contributed by atoms with Crippen molar-refractivity contribution in [2.24, 2.45) is 0 Å². The van der Waals surface area contributed by atoms with Gasteiger partial charge in [-0.3, -0.25) is 14.9 Å². The van der Waals surface area contributed by atoms with Crippen LogP contribution < -0.4 is 0 Å². The minimum absolute atomic E-state index is 0. The van der Waals surface area contributed by atoms with Crippen LogP contribution in [-0.2, 0) is 6.54 Å². The van der Waals surface area contributed by atoms with Gasteiger partial charge < -0.3 is 0 Å². The van der Waals surface area contributed by atoms with Gasteiger partial charge >= 0.3 is 0 Å². The van der Waals surface area contributed by atoms with Crippen molar-refractivity contribution in [3.63, 3.8) is 0 Å². The summed E-state index contributed by atoms with van der Waals surface area (Å²) in [5.41, 5.74) is 1.08. The summed E-state index contributed by atoms with van der Waals surface area (Å²) < 4.78 is 0. The molecule has 0 amide bonds. The first-order valence-corrected chi connectivity index (χ1v) is 3.92. The number of likely N-dealkylation sites (tertiary alicyclic amines) is 1. The van der Waals surface area contributed by atoms with Crippen LogP contribution in [0.3, 0.4) is 0 Å². The lowest BCUT2D eigenvalue weighted by molar-refractivity contribution is 0.170. The van der Waals surface area contributed by atoms with Crippen molar-refractivity contribution in [1.29, 1.82) is 0 Å². The summed E-state index contributed by atoms with van der Waals surface area (Å²) in [6, 6.07) is 0. The number of hydrogen-bond acceptors (Lipinski definition) is 3. The van der Waals surface area contributed by atoms with E-state index in [-0.39, 0.29) is 7.43 Å². The highest BCUT2D eigenvalue weighted by Crippen LogP contribution is 2.08. The minimum Gasteiger partial charge on any atom is -0.297 e. The molecule has 0 aromatic carbocycles. The number of hydrogen-bond donors (Lipinski definition) is 0. The Morgan fingerprint density at radius 3 is 2.67 bits per heavy atom. The molecule has 0 atom stereocenters. The van der Waals surface area contributed by atoms with Crippen molar-refractivity contribution >= 4 is 0 Å². The molecule has 1 aliphatic heterocycles. The number of nitrogens with zero attached hydrogens (tertiary/aromatic N) is 3. The maximum atomic E-state index is 4.20. The summed E-state index contributed by atoms with van der Waals surface area (Å²) in [6.45, 7) is 3.40. The van der Waals surface area contributed by atoms with E-state index in [4.69, 9.17) is 0 Å². The van der Waals surface area contributed by atoms with E-state index in [1.807, 2.05) is 6.20 Å². The zero-order valence-electron chi connectivity index (χ0n) is 6.40. The molecule has 12 heavy (non-hydrogen) atoms. The minimum atomic E-state index is 0. The van der Waals surface area contributed by atoms with Crippen molar-refractivity contribution < 1.29 is 0 Å². The van der Waals surface area contributed by atoms with Crippen LogP contribution in [0.5, 0.6) is 0 Å². The molecule has 0 N–H and O–H groups in total. The van der Waals surface area contributed by atoms with Crippen LogP contribution in [0.25, 0.3) is 0 Å². The van der Waals surface area contributed by atoms with Gasteiger partial charge in [-0.25, -0.2) is 0 Å². The molecule has 0 saturated carbocycles. The molecule has 1 aromatic rings. The summed E-state index contributed by atoms with van der Waals surface area (Å²) >= 11 is 0. The third kappa shape index (κ3) is 2.01.